The molecule has 2 heterocycles. The van der Waals surface area contributed by atoms with E-state index in [9.17, 15) is 27.2 Å². The van der Waals surface area contributed by atoms with Gasteiger partial charge < -0.3 is 14.2 Å². The van der Waals surface area contributed by atoms with E-state index in [-0.39, 0.29) is 31.8 Å². The van der Waals surface area contributed by atoms with Crippen molar-refractivity contribution in [3.05, 3.63) is 41.8 Å². The predicted molar refractivity (Wildman–Crippen MR) is 100.0 cm³/mol. The van der Waals surface area contributed by atoms with Gasteiger partial charge in [-0.15, -0.1) is 0 Å². The van der Waals surface area contributed by atoms with Crippen LogP contribution in [0.2, 0.25) is 0 Å². The fourth-order valence-corrected chi connectivity index (χ4v) is 3.36. The highest BCUT2D eigenvalue weighted by molar-refractivity contribution is 5.78. The third-order valence-electron chi connectivity index (χ3n) is 5.03. The van der Waals surface area contributed by atoms with Crippen LogP contribution < -0.4 is 0 Å². The Balaban J connectivity index is 1.61. The topological polar surface area (TPSA) is 75.9 Å². The minimum absolute atomic E-state index is 0.0570. The number of hydrogen-bond acceptors (Lipinski definition) is 6. The summed E-state index contributed by atoms with van der Waals surface area (Å²) >= 11 is 0. The summed E-state index contributed by atoms with van der Waals surface area (Å²) in [5.74, 6) is -2.55. The molecule has 11 heteroatoms. The normalized spacial score (nSPS) is 17.6. The molecule has 1 atom stereocenters. The fourth-order valence-electron chi connectivity index (χ4n) is 3.36. The second-order valence-corrected chi connectivity index (χ2v) is 7.01. The van der Waals surface area contributed by atoms with Crippen LogP contribution in [0, 0.1) is 5.82 Å². The molecule has 1 saturated heterocycles. The number of alkyl halides is 3. The summed E-state index contributed by atoms with van der Waals surface area (Å²) in [5, 5.41) is 3.74. The molecule has 2 aromatic rings. The van der Waals surface area contributed by atoms with Crippen molar-refractivity contribution in [1.82, 2.24) is 15.0 Å². The Kier molecular flexibility index (Phi) is 6.94. The molecule has 0 radical (unpaired) electrons. The highest BCUT2D eigenvalue weighted by Crippen LogP contribution is 2.25. The van der Waals surface area contributed by atoms with Crippen molar-refractivity contribution in [1.29, 1.82) is 0 Å². The first kappa shape index (κ1) is 22.7. The molecule has 1 amide bonds. The lowest BCUT2D eigenvalue weighted by molar-refractivity contribution is -0.216. The number of carbonyl (C=O) groups is 2. The first-order valence-corrected chi connectivity index (χ1v) is 9.68. The Hall–Kier alpha value is -2.95. The minimum Gasteiger partial charge on any atom is -0.438 e. The number of rotatable bonds is 6. The van der Waals surface area contributed by atoms with Gasteiger partial charge in [0.05, 0.1) is 12.7 Å². The highest BCUT2D eigenvalue weighted by atomic mass is 19.4. The summed E-state index contributed by atoms with van der Waals surface area (Å²) in [6.45, 7) is 2.55. The largest absolute Gasteiger partial charge is 0.490 e. The molecule has 1 aliphatic rings. The highest BCUT2D eigenvalue weighted by Gasteiger charge is 2.44. The van der Waals surface area contributed by atoms with Crippen LogP contribution in [-0.4, -0.2) is 65.4 Å². The monoisotopic (exact) mass is 443 g/mol. The van der Waals surface area contributed by atoms with Gasteiger partial charge in [0.1, 0.15) is 5.82 Å². The van der Waals surface area contributed by atoms with Crippen molar-refractivity contribution in [2.24, 2.45) is 0 Å². The average Bonchev–Trinajstić information content (AvgIpc) is 3.20. The Morgan fingerprint density at radius 3 is 2.58 bits per heavy atom. The molecule has 168 valence electrons. The number of nitrogens with zero attached hydrogens (tertiary/aromatic N) is 3. The molecule has 1 fully saturated rings. The summed E-state index contributed by atoms with van der Waals surface area (Å²) < 4.78 is 60.6. The zero-order valence-electron chi connectivity index (χ0n) is 16.7. The van der Waals surface area contributed by atoms with E-state index in [4.69, 9.17) is 4.52 Å². The lowest BCUT2D eigenvalue weighted by Gasteiger charge is -2.40. The number of halogens is 4. The van der Waals surface area contributed by atoms with Crippen LogP contribution in [0.4, 0.5) is 17.6 Å². The number of ether oxygens (including phenoxy) is 1. The number of amides is 1. The number of benzene rings is 1. The van der Waals surface area contributed by atoms with E-state index in [0.29, 0.717) is 30.0 Å². The molecule has 31 heavy (non-hydrogen) atoms. The summed E-state index contributed by atoms with van der Waals surface area (Å²) in [5.41, 5.74) is 1.25. The van der Waals surface area contributed by atoms with E-state index in [1.54, 1.807) is 11.8 Å². The first-order valence-electron chi connectivity index (χ1n) is 9.68. The van der Waals surface area contributed by atoms with Gasteiger partial charge >= 0.3 is 12.1 Å². The maximum atomic E-state index is 13.1. The van der Waals surface area contributed by atoms with Gasteiger partial charge in [0.15, 0.2) is 12.0 Å². The van der Waals surface area contributed by atoms with Crippen LogP contribution in [0.25, 0.3) is 11.3 Å². The standard InChI is InChI=1S/C20H21F4N3O4/c1-2-26-9-10-27(12-17(26)30-19(29)20(22,23)24)16(28)8-5-14-11-25-31-18(14)13-3-6-15(21)7-4-13/h3-4,6-7,11,17H,2,5,8-10,12H2,1H3. The average molecular weight is 443 g/mol. The van der Waals surface area contributed by atoms with E-state index < -0.39 is 24.2 Å². The van der Waals surface area contributed by atoms with Gasteiger partial charge in [0.2, 0.25) is 5.91 Å². The van der Waals surface area contributed by atoms with Crippen molar-refractivity contribution in [3.63, 3.8) is 0 Å². The molecule has 1 unspecified atom stereocenters. The van der Waals surface area contributed by atoms with E-state index in [1.165, 1.54) is 35.4 Å². The number of piperazine rings is 1. The number of carbonyl (C=O) groups excluding carboxylic acids is 2. The molecule has 1 aromatic carbocycles. The molecule has 0 bridgehead atoms. The number of esters is 1. The van der Waals surface area contributed by atoms with Gasteiger partial charge in [0, 0.05) is 30.6 Å². The van der Waals surface area contributed by atoms with Crippen molar-refractivity contribution in [2.75, 3.05) is 26.2 Å². The second kappa shape index (κ2) is 9.46. The quantitative estimate of drug-likeness (QED) is 0.505. The van der Waals surface area contributed by atoms with Crippen molar-refractivity contribution in [3.8, 4) is 11.3 Å². The van der Waals surface area contributed by atoms with Crippen LogP contribution in [-0.2, 0) is 20.7 Å². The molecule has 1 aromatic heterocycles. The van der Waals surface area contributed by atoms with Gasteiger partial charge in [-0.3, -0.25) is 9.69 Å². The van der Waals surface area contributed by atoms with Crippen LogP contribution >= 0.6 is 0 Å². The fraction of sp³-hybridized carbons (Fsp3) is 0.450. The maximum absolute atomic E-state index is 13.1. The lowest BCUT2D eigenvalue weighted by atomic mass is 10.0. The molecule has 7 nitrogen and oxygen atoms in total. The second-order valence-electron chi connectivity index (χ2n) is 7.01. The summed E-state index contributed by atoms with van der Waals surface area (Å²) in [6, 6.07) is 5.63. The number of likely N-dealkylation sites (N-methyl/N-ethyl adjacent to an activating group) is 1. The van der Waals surface area contributed by atoms with Crippen molar-refractivity contribution < 1.29 is 36.4 Å². The Labute approximate surface area is 175 Å². The summed E-state index contributed by atoms with van der Waals surface area (Å²) in [6.07, 6.45) is -4.47. The molecular formula is C20H21F4N3O4. The van der Waals surface area contributed by atoms with E-state index in [0.717, 1.165) is 0 Å². The van der Waals surface area contributed by atoms with Crippen LogP contribution in [0.15, 0.2) is 35.0 Å². The van der Waals surface area contributed by atoms with Crippen LogP contribution in [0.3, 0.4) is 0 Å². The first-order chi connectivity index (χ1) is 14.7. The third kappa shape index (κ3) is 5.60. The van der Waals surface area contributed by atoms with Gasteiger partial charge in [-0.1, -0.05) is 12.1 Å². The number of aryl methyl sites for hydroxylation is 1. The molecule has 1 aliphatic heterocycles. The summed E-state index contributed by atoms with van der Waals surface area (Å²) in [4.78, 5) is 26.8. The van der Waals surface area contributed by atoms with Gasteiger partial charge in [-0.25, -0.2) is 9.18 Å². The van der Waals surface area contributed by atoms with Crippen molar-refractivity contribution in [2.45, 2.75) is 32.2 Å². The maximum Gasteiger partial charge on any atom is 0.490 e. The van der Waals surface area contributed by atoms with Crippen molar-refractivity contribution >= 4 is 11.9 Å². The van der Waals surface area contributed by atoms with Crippen LogP contribution in [0.5, 0.6) is 0 Å². The zero-order valence-corrected chi connectivity index (χ0v) is 16.7. The molecule has 0 aliphatic carbocycles. The number of aromatic nitrogens is 1. The Morgan fingerprint density at radius 1 is 1.23 bits per heavy atom. The molecule has 0 saturated carbocycles. The molecule has 0 spiro atoms. The Morgan fingerprint density at radius 2 is 1.94 bits per heavy atom. The molecule has 0 N–H and O–H groups in total. The summed E-state index contributed by atoms with van der Waals surface area (Å²) in [7, 11) is 0. The van der Waals surface area contributed by atoms with E-state index >= 15 is 0 Å². The van der Waals surface area contributed by atoms with Gasteiger partial charge in [0.25, 0.3) is 0 Å². The van der Waals surface area contributed by atoms with E-state index in [1.807, 2.05) is 0 Å². The smallest absolute Gasteiger partial charge is 0.438 e. The zero-order chi connectivity index (χ0) is 22.6. The lowest BCUT2D eigenvalue weighted by Crippen LogP contribution is -2.56. The van der Waals surface area contributed by atoms with Crippen LogP contribution in [0.1, 0.15) is 18.9 Å². The minimum atomic E-state index is -5.10. The Bertz CT molecular complexity index is 914. The van der Waals surface area contributed by atoms with E-state index in [2.05, 4.69) is 9.89 Å². The van der Waals surface area contributed by atoms with Gasteiger partial charge in [-0.05, 0) is 37.2 Å². The number of hydrogen-bond donors (Lipinski definition) is 0. The van der Waals surface area contributed by atoms with Gasteiger partial charge in [-0.2, -0.15) is 13.2 Å². The predicted octanol–water partition coefficient (Wildman–Crippen LogP) is 3.01. The third-order valence-corrected chi connectivity index (χ3v) is 5.03. The molecular weight excluding hydrogens is 422 g/mol. The SMILES string of the molecule is CCN1CCN(C(=O)CCc2cnoc2-c2ccc(F)cc2)CC1OC(=O)C(F)(F)F. The molecule has 3 rings (SSSR count).